The van der Waals surface area contributed by atoms with Crippen LogP contribution < -0.4 is 21.1 Å². The molecule has 2 atom stereocenters. The number of pyridine rings is 1. The fourth-order valence-electron chi connectivity index (χ4n) is 8.73. The molecule has 19 heteroatoms. The van der Waals surface area contributed by atoms with Crippen LogP contribution in [0.3, 0.4) is 0 Å². The molecule has 0 spiro atoms. The molecule has 17 nitrogen and oxygen atoms in total. The molecular formula is C56H87N9O8S2. The number of rotatable bonds is 26. The van der Waals surface area contributed by atoms with Gasteiger partial charge in [0.2, 0.25) is 12.8 Å². The number of aryl methyl sites for hydroxylation is 1. The summed E-state index contributed by atoms with van der Waals surface area (Å²) in [5.74, 6) is -0.102. The van der Waals surface area contributed by atoms with Crippen molar-refractivity contribution in [3.63, 3.8) is 0 Å². The Morgan fingerprint density at radius 1 is 0.973 bits per heavy atom. The van der Waals surface area contributed by atoms with E-state index in [1.54, 1.807) is 25.5 Å². The second-order valence-corrected chi connectivity index (χ2v) is 20.8. The van der Waals surface area contributed by atoms with Crippen LogP contribution in [-0.4, -0.2) is 128 Å². The fourth-order valence-corrected chi connectivity index (χ4v) is 10.3. The summed E-state index contributed by atoms with van der Waals surface area (Å²) in [5.41, 5.74) is 16.6. The van der Waals surface area contributed by atoms with Gasteiger partial charge >= 0.3 is 5.97 Å². The molecule has 7 rings (SSSR count). The largest absolute Gasteiger partial charge is 0.465 e. The Hall–Kier alpha value is -5.15. The Bertz CT molecular complexity index is 2410. The first kappa shape index (κ1) is 64.1. The number of thiazole rings is 2. The van der Waals surface area contributed by atoms with Gasteiger partial charge in [0.15, 0.2) is 0 Å². The van der Waals surface area contributed by atoms with E-state index >= 15 is 0 Å². The van der Waals surface area contributed by atoms with Crippen LogP contribution in [0.2, 0.25) is 0 Å². The fraction of sp³-hybridized carbons (Fsp3) is 0.589. The first-order chi connectivity index (χ1) is 36.3. The van der Waals surface area contributed by atoms with E-state index in [2.05, 4.69) is 97.8 Å². The number of methoxy groups -OCH3 is 1. The average molecular weight is 1080 g/mol. The number of esters is 1. The van der Waals surface area contributed by atoms with Gasteiger partial charge in [-0.2, -0.15) is 0 Å². The van der Waals surface area contributed by atoms with Crippen LogP contribution in [0.1, 0.15) is 135 Å². The molecule has 2 aliphatic rings. The minimum Gasteiger partial charge on any atom is -0.465 e. The number of ether oxygens (including phenoxy) is 3. The predicted molar refractivity (Wildman–Crippen MR) is 304 cm³/mol. The molecule has 4 N–H and O–H groups in total. The van der Waals surface area contributed by atoms with Gasteiger partial charge in [0.25, 0.3) is 0 Å². The van der Waals surface area contributed by atoms with Crippen LogP contribution in [0, 0.1) is 11.3 Å². The van der Waals surface area contributed by atoms with Gasteiger partial charge in [0.1, 0.15) is 11.3 Å². The molecule has 416 valence electrons. The number of aromatic nitrogens is 4. The number of aliphatic hydroxyl groups is 1. The molecular weight excluding hydrogens is 991 g/mol. The van der Waals surface area contributed by atoms with Crippen LogP contribution in [-0.2, 0) is 53.0 Å². The van der Waals surface area contributed by atoms with Crippen molar-refractivity contribution in [2.24, 2.45) is 11.3 Å². The number of hydrogen-bond donors (Lipinski definition) is 4. The van der Waals surface area contributed by atoms with Crippen molar-refractivity contribution in [2.75, 3.05) is 72.1 Å². The maximum atomic E-state index is 11.8. The number of benzene rings is 1. The number of nitrogens with one attached hydrogen (secondary N) is 3. The number of unbranched alkanes of at least 4 members (excludes halogenated alkanes) is 3. The molecule has 2 fully saturated rings. The zero-order valence-corrected chi connectivity index (χ0v) is 48.4. The van der Waals surface area contributed by atoms with Crippen molar-refractivity contribution in [1.29, 1.82) is 0 Å². The van der Waals surface area contributed by atoms with Gasteiger partial charge in [-0.25, -0.2) is 15.4 Å². The number of hydrazine groups is 1. The van der Waals surface area contributed by atoms with Crippen molar-refractivity contribution in [1.82, 2.24) is 40.6 Å². The Morgan fingerprint density at radius 2 is 1.68 bits per heavy atom. The van der Waals surface area contributed by atoms with Crippen LogP contribution >= 0.6 is 22.7 Å². The number of nitrogens with zero attached hydrogens (tertiary/aromatic N) is 6. The van der Waals surface area contributed by atoms with Gasteiger partial charge in [-0.15, -0.1) is 22.7 Å². The highest BCUT2D eigenvalue weighted by molar-refractivity contribution is 7.09. The molecule has 1 aromatic carbocycles. The van der Waals surface area contributed by atoms with E-state index in [-0.39, 0.29) is 29.3 Å². The summed E-state index contributed by atoms with van der Waals surface area (Å²) in [7, 11) is 4.31. The van der Waals surface area contributed by atoms with E-state index in [0.29, 0.717) is 32.6 Å². The summed E-state index contributed by atoms with van der Waals surface area (Å²) < 4.78 is 19.5. The molecule has 4 aromatic heterocycles. The van der Waals surface area contributed by atoms with Crippen LogP contribution in [0.5, 0.6) is 0 Å². The van der Waals surface area contributed by atoms with Crippen molar-refractivity contribution in [2.45, 2.75) is 138 Å². The summed E-state index contributed by atoms with van der Waals surface area (Å²) >= 11 is 3.14. The zero-order chi connectivity index (χ0) is 55.3. The second kappa shape index (κ2) is 34.5. The molecule has 1 aliphatic heterocycles. The quantitative estimate of drug-likeness (QED) is 0.0177. The minimum absolute atomic E-state index is 0.115. The number of aldehydes is 1. The van der Waals surface area contributed by atoms with Crippen LogP contribution in [0.15, 0.2) is 46.7 Å². The summed E-state index contributed by atoms with van der Waals surface area (Å²) in [6.07, 6.45) is 11.8. The van der Waals surface area contributed by atoms with Gasteiger partial charge in [0, 0.05) is 118 Å². The first-order valence-corrected chi connectivity index (χ1v) is 28.3. The highest BCUT2D eigenvalue weighted by Gasteiger charge is 2.33. The second-order valence-electron chi connectivity index (χ2n) is 19.2. The SMILES string of the molecule is CC.CC(C)[C@@H](C=O)c1nc(COCCCCCCNNC=O)cs1.CCn1c(-c2cc(N3CCN(C4CC4)CC3)cnc2C(C)OC)c(CC(C)(C)COC(C)=O)c2cc(-c3cscn3)ccc21.CNC=O.CO. The third-order valence-electron chi connectivity index (χ3n) is 12.8. The van der Waals surface area contributed by atoms with Gasteiger partial charge < -0.3 is 38.9 Å². The Morgan fingerprint density at radius 3 is 2.27 bits per heavy atom. The van der Waals surface area contributed by atoms with E-state index in [1.165, 1.54) is 53.3 Å². The number of carbonyl (C=O) groups excluding carboxylic acids is 4. The number of amides is 2. The highest BCUT2D eigenvalue weighted by atomic mass is 32.1. The third kappa shape index (κ3) is 20.1. The average Bonchev–Trinajstić information content (AvgIpc) is 3.77. The molecule has 1 aliphatic carbocycles. The summed E-state index contributed by atoms with van der Waals surface area (Å²) in [5, 5.41) is 15.4. The lowest BCUT2D eigenvalue weighted by molar-refractivity contribution is -0.144. The molecule has 1 unspecified atom stereocenters. The van der Waals surface area contributed by atoms with E-state index < -0.39 is 0 Å². The summed E-state index contributed by atoms with van der Waals surface area (Å²) in [6.45, 7) is 25.5. The maximum Gasteiger partial charge on any atom is 0.302 e. The van der Waals surface area contributed by atoms with Gasteiger partial charge in [-0.1, -0.05) is 60.5 Å². The molecule has 0 radical (unpaired) electrons. The van der Waals surface area contributed by atoms with Crippen molar-refractivity contribution in [3.8, 4) is 22.5 Å². The van der Waals surface area contributed by atoms with Crippen molar-refractivity contribution in [3.05, 3.63) is 68.7 Å². The number of anilines is 1. The van der Waals surface area contributed by atoms with Crippen LogP contribution in [0.4, 0.5) is 5.69 Å². The molecule has 1 saturated carbocycles. The molecule has 0 bridgehead atoms. The maximum absolute atomic E-state index is 11.8. The lowest BCUT2D eigenvalue weighted by Gasteiger charge is -2.36. The molecule has 2 amide bonds. The van der Waals surface area contributed by atoms with Gasteiger partial charge in [-0.3, -0.25) is 29.7 Å². The lowest BCUT2D eigenvalue weighted by Crippen LogP contribution is -2.47. The van der Waals surface area contributed by atoms with Crippen LogP contribution in [0.25, 0.3) is 33.4 Å². The number of piperazine rings is 1. The predicted octanol–water partition coefficient (Wildman–Crippen LogP) is 9.38. The Balaban J connectivity index is 0.000000403. The number of carbonyl (C=O) groups is 4. The monoisotopic (exact) mass is 1080 g/mol. The topological polar surface area (TPSA) is 202 Å². The summed E-state index contributed by atoms with van der Waals surface area (Å²) in [6, 6.07) is 9.82. The van der Waals surface area contributed by atoms with Gasteiger partial charge in [0.05, 0.1) is 65.4 Å². The standard InChI is InChI=1S/C35H45N5O3S.C16H27N3O3S.C2H5NO.C2H6.CH4O/c1-7-40-32-11-8-25(31-20-44-22-37-31)16-28(32)30(18-35(4,5)21-43-24(3)41)34(40)29-17-27(19-36-33(29)23(2)42-6)39-14-12-38(13-15-39)26-9-10-26;1-13(2)15(9-20)16-19-14(11-23-16)10-22-8-6-4-3-5-7-17-18-12-21;1-3-2-4;2*1-2/h8,11,16-17,19-20,22-23,26H,7,9-10,12-15,18,21H2,1-6H3;9,11-13,15,17H,3-8,10H2,1-2H3,(H,18,21);2H,1H3,(H,3,4);1-2H3;2H,1H3/t;15-;;;/m.1.../s1. The normalized spacial score (nSPS) is 14.1. The lowest BCUT2D eigenvalue weighted by atomic mass is 9.84. The van der Waals surface area contributed by atoms with E-state index in [4.69, 9.17) is 29.1 Å². The molecule has 1 saturated heterocycles. The zero-order valence-electron chi connectivity index (χ0n) is 46.8. The first-order valence-electron chi connectivity index (χ1n) is 26.4. The van der Waals surface area contributed by atoms with Crippen molar-refractivity contribution < 1.29 is 38.5 Å². The molecule has 75 heavy (non-hydrogen) atoms. The van der Waals surface area contributed by atoms with E-state index in [9.17, 15) is 14.4 Å². The minimum atomic E-state index is -0.291. The number of fused-ring (bicyclic) bond motifs is 1. The molecule has 5 aromatic rings. The highest BCUT2D eigenvalue weighted by Crippen LogP contribution is 2.43. The van der Waals surface area contributed by atoms with Gasteiger partial charge in [-0.05, 0) is 75.6 Å². The molecule has 5 heterocycles. The van der Waals surface area contributed by atoms with Crippen molar-refractivity contribution >= 4 is 64.3 Å². The third-order valence-corrected chi connectivity index (χ3v) is 14.3. The number of hydrogen-bond acceptors (Lipinski definition) is 16. The van der Waals surface area contributed by atoms with E-state index in [0.717, 1.165) is 130 Å². The smallest absolute Gasteiger partial charge is 0.302 e. The number of aliphatic hydroxyl groups excluding tert-OH is 1. The van der Waals surface area contributed by atoms with E-state index in [1.807, 2.05) is 44.8 Å². The Kier molecular flexibility index (Phi) is 29.5. The Labute approximate surface area is 454 Å². The summed E-state index contributed by atoms with van der Waals surface area (Å²) in [4.78, 5) is 61.3.